The van der Waals surface area contributed by atoms with Crippen LogP contribution >= 0.6 is 0 Å². The molecule has 0 aliphatic heterocycles. The Morgan fingerprint density at radius 1 is 1.10 bits per heavy atom. The minimum absolute atomic E-state index is 0.235. The van der Waals surface area contributed by atoms with E-state index in [0.29, 0.717) is 18.2 Å². The third-order valence-corrected chi connectivity index (χ3v) is 3.32. The molecule has 3 nitrogen and oxygen atoms in total. The fraction of sp³-hybridized carbons (Fsp3) is 0.375. The summed E-state index contributed by atoms with van der Waals surface area (Å²) in [4.78, 5) is 0. The van der Waals surface area contributed by atoms with Crippen molar-refractivity contribution in [1.82, 2.24) is 5.32 Å². The summed E-state index contributed by atoms with van der Waals surface area (Å²) in [6.07, 6.45) is 2.53. The average molecular weight is 275 g/mol. The molecule has 0 unspecified atom stereocenters. The molecule has 2 aromatic rings. The molecule has 0 spiro atoms. The van der Waals surface area contributed by atoms with Gasteiger partial charge in [-0.1, -0.05) is 18.2 Å². The highest BCUT2D eigenvalue weighted by atomic mass is 19.1. The lowest BCUT2D eigenvalue weighted by molar-refractivity contribution is 0.0899. The van der Waals surface area contributed by atoms with Crippen LogP contribution in [0.15, 0.2) is 40.8 Å². The molecule has 1 aliphatic rings. The second-order valence-electron chi connectivity index (χ2n) is 5.11. The molecule has 1 N–H and O–H groups in total. The van der Waals surface area contributed by atoms with Crippen molar-refractivity contribution < 1.29 is 13.5 Å². The number of hydrogen-bond acceptors (Lipinski definition) is 3. The van der Waals surface area contributed by atoms with Crippen LogP contribution in [0.25, 0.3) is 0 Å². The Morgan fingerprint density at radius 2 is 1.90 bits per heavy atom. The van der Waals surface area contributed by atoms with Gasteiger partial charge in [0.05, 0.1) is 13.2 Å². The SMILES string of the molecule is Fc1ccccc1COCc1ccc(CNC2CC2)o1. The summed E-state index contributed by atoms with van der Waals surface area (Å²) in [7, 11) is 0. The number of furan rings is 1. The van der Waals surface area contributed by atoms with Crippen molar-refractivity contribution >= 4 is 0 Å². The van der Waals surface area contributed by atoms with Gasteiger partial charge in [0.2, 0.25) is 0 Å². The lowest BCUT2D eigenvalue weighted by Crippen LogP contribution is -2.14. The van der Waals surface area contributed by atoms with E-state index in [4.69, 9.17) is 9.15 Å². The van der Waals surface area contributed by atoms with E-state index in [9.17, 15) is 4.39 Å². The molecule has 1 fully saturated rings. The van der Waals surface area contributed by atoms with E-state index in [1.807, 2.05) is 12.1 Å². The normalized spacial score (nSPS) is 14.7. The van der Waals surface area contributed by atoms with Gasteiger partial charge in [0.1, 0.15) is 23.9 Å². The summed E-state index contributed by atoms with van der Waals surface area (Å²) in [6, 6.07) is 11.2. The molecular weight excluding hydrogens is 257 g/mol. The first-order chi connectivity index (χ1) is 9.81. The molecule has 1 aromatic carbocycles. The molecule has 1 heterocycles. The molecule has 20 heavy (non-hydrogen) atoms. The third-order valence-electron chi connectivity index (χ3n) is 3.32. The molecular formula is C16H18FNO2. The van der Waals surface area contributed by atoms with Gasteiger partial charge in [-0.25, -0.2) is 4.39 Å². The second-order valence-corrected chi connectivity index (χ2v) is 5.11. The van der Waals surface area contributed by atoms with Crippen molar-refractivity contribution in [3.8, 4) is 0 Å². The van der Waals surface area contributed by atoms with Gasteiger partial charge >= 0.3 is 0 Å². The maximum atomic E-state index is 13.4. The van der Waals surface area contributed by atoms with Gasteiger partial charge in [0, 0.05) is 11.6 Å². The summed E-state index contributed by atoms with van der Waals surface area (Å²) in [5, 5.41) is 3.39. The highest BCUT2D eigenvalue weighted by Crippen LogP contribution is 2.20. The van der Waals surface area contributed by atoms with Gasteiger partial charge < -0.3 is 14.5 Å². The lowest BCUT2D eigenvalue weighted by atomic mass is 10.2. The Kier molecular flexibility index (Phi) is 4.14. The number of rotatable bonds is 7. The van der Waals surface area contributed by atoms with Crippen molar-refractivity contribution in [3.63, 3.8) is 0 Å². The topological polar surface area (TPSA) is 34.4 Å². The first kappa shape index (κ1) is 13.3. The third kappa shape index (κ3) is 3.68. The van der Waals surface area contributed by atoms with E-state index in [-0.39, 0.29) is 12.4 Å². The van der Waals surface area contributed by atoms with Gasteiger partial charge in [-0.3, -0.25) is 0 Å². The minimum atomic E-state index is -0.235. The Bertz CT molecular complexity index is 563. The summed E-state index contributed by atoms with van der Waals surface area (Å²) < 4.78 is 24.5. The van der Waals surface area contributed by atoms with Gasteiger partial charge in [0.15, 0.2) is 0 Å². The Labute approximate surface area is 117 Å². The monoisotopic (exact) mass is 275 g/mol. The maximum absolute atomic E-state index is 13.4. The van der Waals surface area contributed by atoms with Crippen LogP contribution in [-0.4, -0.2) is 6.04 Å². The molecule has 1 aromatic heterocycles. The van der Waals surface area contributed by atoms with E-state index >= 15 is 0 Å². The molecule has 0 saturated heterocycles. The van der Waals surface area contributed by atoms with Crippen LogP contribution in [0.5, 0.6) is 0 Å². The van der Waals surface area contributed by atoms with Crippen molar-refractivity contribution in [3.05, 3.63) is 59.3 Å². The van der Waals surface area contributed by atoms with Crippen molar-refractivity contribution in [2.45, 2.75) is 38.6 Å². The van der Waals surface area contributed by atoms with E-state index in [0.717, 1.165) is 18.1 Å². The van der Waals surface area contributed by atoms with Crippen LogP contribution in [0.3, 0.4) is 0 Å². The maximum Gasteiger partial charge on any atom is 0.129 e. The zero-order valence-electron chi connectivity index (χ0n) is 11.3. The molecule has 106 valence electrons. The van der Waals surface area contributed by atoms with Crippen molar-refractivity contribution in [1.29, 1.82) is 0 Å². The van der Waals surface area contributed by atoms with E-state index < -0.39 is 0 Å². The average Bonchev–Trinajstić information content (AvgIpc) is 3.18. The second kappa shape index (κ2) is 6.20. The highest BCUT2D eigenvalue weighted by molar-refractivity contribution is 5.16. The molecule has 4 heteroatoms. The van der Waals surface area contributed by atoms with Crippen LogP contribution in [0.4, 0.5) is 4.39 Å². The highest BCUT2D eigenvalue weighted by Gasteiger charge is 2.20. The minimum Gasteiger partial charge on any atom is -0.462 e. The first-order valence-electron chi connectivity index (χ1n) is 6.93. The molecule has 0 amide bonds. The van der Waals surface area contributed by atoms with Crippen LogP contribution < -0.4 is 5.32 Å². The zero-order chi connectivity index (χ0) is 13.8. The Hall–Kier alpha value is -1.65. The molecule has 1 saturated carbocycles. The Morgan fingerprint density at radius 3 is 2.70 bits per heavy atom. The first-order valence-corrected chi connectivity index (χ1v) is 6.93. The van der Waals surface area contributed by atoms with Crippen molar-refractivity contribution in [2.75, 3.05) is 0 Å². The fourth-order valence-electron chi connectivity index (χ4n) is 2.00. The molecule has 3 rings (SSSR count). The van der Waals surface area contributed by atoms with E-state index in [1.165, 1.54) is 18.9 Å². The predicted molar refractivity (Wildman–Crippen MR) is 73.5 cm³/mol. The number of benzene rings is 1. The van der Waals surface area contributed by atoms with Gasteiger partial charge in [-0.15, -0.1) is 0 Å². The molecule has 0 bridgehead atoms. The molecule has 0 atom stereocenters. The fourth-order valence-corrected chi connectivity index (χ4v) is 2.00. The van der Waals surface area contributed by atoms with Crippen LogP contribution in [0, 0.1) is 5.82 Å². The molecule has 1 aliphatic carbocycles. The summed E-state index contributed by atoms with van der Waals surface area (Å²) in [5.74, 6) is 1.46. The Balaban J connectivity index is 1.45. The summed E-state index contributed by atoms with van der Waals surface area (Å²) in [5.41, 5.74) is 0.565. The smallest absolute Gasteiger partial charge is 0.129 e. The van der Waals surface area contributed by atoms with Gasteiger partial charge in [-0.2, -0.15) is 0 Å². The van der Waals surface area contributed by atoms with Gasteiger partial charge in [0.25, 0.3) is 0 Å². The summed E-state index contributed by atoms with van der Waals surface area (Å²) in [6.45, 7) is 1.37. The number of ether oxygens (including phenoxy) is 1. The quantitative estimate of drug-likeness (QED) is 0.841. The number of halogens is 1. The van der Waals surface area contributed by atoms with Crippen LogP contribution in [-0.2, 0) is 24.5 Å². The molecule has 0 radical (unpaired) electrons. The van der Waals surface area contributed by atoms with E-state index in [1.54, 1.807) is 18.2 Å². The predicted octanol–water partition coefficient (Wildman–Crippen LogP) is 3.39. The van der Waals surface area contributed by atoms with Crippen molar-refractivity contribution in [2.24, 2.45) is 0 Å². The largest absolute Gasteiger partial charge is 0.462 e. The number of hydrogen-bond donors (Lipinski definition) is 1. The number of nitrogens with one attached hydrogen (secondary N) is 1. The summed E-state index contributed by atoms with van der Waals surface area (Å²) >= 11 is 0. The standard InChI is InChI=1S/C16H18FNO2/c17-16-4-2-1-3-12(16)10-19-11-15-8-7-14(20-15)9-18-13-5-6-13/h1-4,7-8,13,18H,5-6,9-11H2. The van der Waals surface area contributed by atoms with Crippen LogP contribution in [0.1, 0.15) is 29.9 Å². The van der Waals surface area contributed by atoms with E-state index in [2.05, 4.69) is 5.32 Å². The zero-order valence-corrected chi connectivity index (χ0v) is 11.3. The lowest BCUT2D eigenvalue weighted by Gasteiger charge is -2.04. The van der Waals surface area contributed by atoms with Gasteiger partial charge in [-0.05, 0) is 31.0 Å². The van der Waals surface area contributed by atoms with Crippen LogP contribution in [0.2, 0.25) is 0 Å².